The molecule has 0 aliphatic rings. The molecule has 0 aliphatic heterocycles. The summed E-state index contributed by atoms with van der Waals surface area (Å²) in [7, 11) is 1.91. The zero-order chi connectivity index (χ0) is 20.4. The number of allylic oxidation sites excluding steroid dienone is 2. The molecule has 0 saturated heterocycles. The molecule has 29 heavy (non-hydrogen) atoms. The largest absolute Gasteiger partial charge is 0.406 e. The maximum atomic E-state index is 5.90. The lowest BCUT2D eigenvalue weighted by atomic mass is 10.2. The first kappa shape index (κ1) is 18.6. The Balaban J connectivity index is 1.63. The molecule has 4 rings (SSSR count). The smallest absolute Gasteiger partial charge is 0.303 e. The summed E-state index contributed by atoms with van der Waals surface area (Å²) in [5.41, 5.74) is 5.40. The molecule has 0 amide bonds. The highest BCUT2D eigenvalue weighted by molar-refractivity contribution is 5.89. The molecule has 0 unspecified atom stereocenters. The van der Waals surface area contributed by atoms with E-state index >= 15 is 0 Å². The van der Waals surface area contributed by atoms with Crippen LogP contribution in [0.3, 0.4) is 0 Å². The Labute approximate surface area is 169 Å². The van der Waals surface area contributed by atoms with E-state index in [1.807, 2.05) is 59.6 Å². The summed E-state index contributed by atoms with van der Waals surface area (Å²) in [6.45, 7) is 8.51. The molecule has 0 fully saturated rings. The molecule has 0 radical (unpaired) electrons. The number of hydrogen-bond donors (Lipinski definition) is 0. The monoisotopic (exact) mass is 386 g/mol. The maximum Gasteiger partial charge on any atom is 0.303 e. The van der Waals surface area contributed by atoms with Crippen molar-refractivity contribution in [3.8, 4) is 23.1 Å². The molecular formula is C22H22N6O. The van der Waals surface area contributed by atoms with Gasteiger partial charge in [-0.3, -0.25) is 9.67 Å². The van der Waals surface area contributed by atoms with Gasteiger partial charge in [-0.2, -0.15) is 10.1 Å². The van der Waals surface area contributed by atoms with E-state index in [1.54, 1.807) is 18.5 Å². The maximum absolute atomic E-state index is 5.90. The second-order valence-electron chi connectivity index (χ2n) is 6.54. The van der Waals surface area contributed by atoms with Crippen LogP contribution in [0.2, 0.25) is 0 Å². The number of imidazole rings is 1. The van der Waals surface area contributed by atoms with Crippen LogP contribution in [0.4, 0.5) is 0 Å². The Morgan fingerprint density at radius 3 is 2.79 bits per heavy atom. The van der Waals surface area contributed by atoms with Gasteiger partial charge < -0.3 is 9.30 Å². The number of fused-ring (bicyclic) bond motifs is 1. The van der Waals surface area contributed by atoms with Gasteiger partial charge in [0.1, 0.15) is 11.2 Å². The molecule has 0 aromatic carbocycles. The van der Waals surface area contributed by atoms with Crippen LogP contribution < -0.4 is 4.74 Å². The third-order valence-corrected chi connectivity index (χ3v) is 4.78. The fourth-order valence-electron chi connectivity index (χ4n) is 3.10. The highest BCUT2D eigenvalue weighted by Gasteiger charge is 2.15. The van der Waals surface area contributed by atoms with Gasteiger partial charge in [0.2, 0.25) is 5.88 Å². The SMILES string of the molecule is C=C/C=C\c1nc(Oc2ccc(-c3nn(CC)c4cccnc34)cn2)n(C)c1C. The Bertz CT molecular complexity index is 1200. The number of pyridine rings is 2. The van der Waals surface area contributed by atoms with Crippen LogP contribution in [-0.2, 0) is 13.6 Å². The normalized spacial score (nSPS) is 11.4. The summed E-state index contributed by atoms with van der Waals surface area (Å²) in [4.78, 5) is 13.5. The summed E-state index contributed by atoms with van der Waals surface area (Å²) in [5.74, 6) is 0.466. The minimum Gasteiger partial charge on any atom is -0.406 e. The van der Waals surface area contributed by atoms with E-state index in [1.165, 1.54) is 0 Å². The molecule has 7 heteroatoms. The number of aryl methyl sites for hydroxylation is 1. The first-order valence-electron chi connectivity index (χ1n) is 9.40. The van der Waals surface area contributed by atoms with Crippen molar-refractivity contribution in [2.24, 2.45) is 7.05 Å². The van der Waals surface area contributed by atoms with Gasteiger partial charge in [-0.1, -0.05) is 18.7 Å². The van der Waals surface area contributed by atoms with Crippen LogP contribution in [-0.4, -0.2) is 29.3 Å². The van der Waals surface area contributed by atoms with Crippen LogP contribution in [0.1, 0.15) is 18.3 Å². The first-order chi connectivity index (χ1) is 14.1. The molecule has 0 aliphatic carbocycles. The van der Waals surface area contributed by atoms with Gasteiger partial charge in [-0.05, 0) is 38.1 Å². The highest BCUT2D eigenvalue weighted by atomic mass is 16.5. The Morgan fingerprint density at radius 2 is 2.07 bits per heavy atom. The average Bonchev–Trinajstić information content (AvgIpc) is 3.26. The number of hydrogen-bond acceptors (Lipinski definition) is 5. The predicted octanol–water partition coefficient (Wildman–Crippen LogP) is 4.55. The number of rotatable bonds is 6. The molecule has 0 saturated carbocycles. The summed E-state index contributed by atoms with van der Waals surface area (Å²) in [6.07, 6.45) is 8.99. The van der Waals surface area contributed by atoms with E-state index in [0.717, 1.165) is 40.2 Å². The molecule has 0 bridgehead atoms. The number of nitrogens with zero attached hydrogens (tertiary/aromatic N) is 6. The molecule has 4 heterocycles. The van der Waals surface area contributed by atoms with E-state index in [0.29, 0.717) is 11.9 Å². The van der Waals surface area contributed by atoms with Crippen LogP contribution in [0, 0.1) is 6.92 Å². The second-order valence-corrected chi connectivity index (χ2v) is 6.54. The van der Waals surface area contributed by atoms with Gasteiger partial charge >= 0.3 is 6.01 Å². The van der Waals surface area contributed by atoms with Crippen LogP contribution >= 0.6 is 0 Å². The van der Waals surface area contributed by atoms with Crippen LogP contribution in [0.25, 0.3) is 28.4 Å². The molecular weight excluding hydrogens is 364 g/mol. The van der Waals surface area contributed by atoms with Gasteiger partial charge in [-0.15, -0.1) is 0 Å². The molecule has 4 aromatic heterocycles. The van der Waals surface area contributed by atoms with Gasteiger partial charge in [0.05, 0.1) is 11.2 Å². The van der Waals surface area contributed by atoms with Crippen LogP contribution in [0.5, 0.6) is 11.9 Å². The zero-order valence-corrected chi connectivity index (χ0v) is 16.7. The third-order valence-electron chi connectivity index (χ3n) is 4.78. The van der Waals surface area contributed by atoms with E-state index in [-0.39, 0.29) is 0 Å². The Kier molecular flexibility index (Phi) is 4.95. The fourth-order valence-corrected chi connectivity index (χ4v) is 3.10. The lowest BCUT2D eigenvalue weighted by Crippen LogP contribution is -1.98. The number of aromatic nitrogens is 6. The molecule has 146 valence electrons. The predicted molar refractivity (Wildman–Crippen MR) is 114 cm³/mol. The summed E-state index contributed by atoms with van der Waals surface area (Å²) in [6, 6.07) is 8.18. The third kappa shape index (κ3) is 3.42. The van der Waals surface area contributed by atoms with Gasteiger partial charge in [-0.25, -0.2) is 4.98 Å². The summed E-state index contributed by atoms with van der Waals surface area (Å²) >= 11 is 0. The van der Waals surface area contributed by atoms with Gasteiger partial charge in [0.15, 0.2) is 0 Å². The van der Waals surface area contributed by atoms with Crippen molar-refractivity contribution >= 4 is 17.1 Å². The summed E-state index contributed by atoms with van der Waals surface area (Å²) < 4.78 is 9.72. The number of ether oxygens (including phenoxy) is 1. The van der Waals surface area contributed by atoms with Crippen molar-refractivity contribution in [3.63, 3.8) is 0 Å². The highest BCUT2D eigenvalue weighted by Crippen LogP contribution is 2.28. The van der Waals surface area contributed by atoms with Crippen molar-refractivity contribution in [1.29, 1.82) is 0 Å². The lowest BCUT2D eigenvalue weighted by molar-refractivity contribution is 0.408. The molecule has 7 nitrogen and oxygen atoms in total. The van der Waals surface area contributed by atoms with Crippen LogP contribution in [0.15, 0.2) is 55.4 Å². The van der Waals surface area contributed by atoms with Crippen molar-refractivity contribution < 1.29 is 4.74 Å². The van der Waals surface area contributed by atoms with E-state index in [9.17, 15) is 0 Å². The van der Waals surface area contributed by atoms with E-state index < -0.39 is 0 Å². The van der Waals surface area contributed by atoms with Crippen molar-refractivity contribution in [1.82, 2.24) is 29.3 Å². The van der Waals surface area contributed by atoms with Gasteiger partial charge in [0, 0.05) is 43.3 Å². The van der Waals surface area contributed by atoms with Crippen molar-refractivity contribution in [3.05, 3.63) is 66.8 Å². The lowest BCUT2D eigenvalue weighted by Gasteiger charge is -2.05. The molecule has 0 spiro atoms. The van der Waals surface area contributed by atoms with Crippen molar-refractivity contribution in [2.75, 3.05) is 0 Å². The molecule has 4 aromatic rings. The average molecular weight is 386 g/mol. The summed E-state index contributed by atoms with van der Waals surface area (Å²) in [5, 5.41) is 4.69. The minimum atomic E-state index is 0.466. The quantitative estimate of drug-likeness (QED) is 0.455. The van der Waals surface area contributed by atoms with E-state index in [2.05, 4.69) is 28.5 Å². The standard InChI is InChI=1S/C22H22N6O/c1-5-7-9-17-15(3)27(4)22(25-17)29-19-12-11-16(14-24-19)20-21-18(10-8-13-23-21)28(6-2)26-20/h5,7-14H,1,6H2,2-4H3/b9-7-. The second kappa shape index (κ2) is 7.71. The zero-order valence-electron chi connectivity index (χ0n) is 16.7. The van der Waals surface area contributed by atoms with E-state index in [4.69, 9.17) is 9.84 Å². The van der Waals surface area contributed by atoms with Crippen molar-refractivity contribution in [2.45, 2.75) is 20.4 Å². The topological polar surface area (TPSA) is 70.7 Å². The Hall–Kier alpha value is -3.74. The van der Waals surface area contributed by atoms with Gasteiger partial charge in [0.25, 0.3) is 0 Å². The molecule has 0 atom stereocenters. The molecule has 0 N–H and O–H groups in total. The fraction of sp³-hybridized carbons (Fsp3) is 0.182. The first-order valence-corrected chi connectivity index (χ1v) is 9.40. The Morgan fingerprint density at radius 1 is 1.21 bits per heavy atom. The minimum absolute atomic E-state index is 0.466.